The molecule has 0 amide bonds. The normalized spacial score (nSPS) is 10.2. The Morgan fingerprint density at radius 1 is 1.58 bits per heavy atom. The molecule has 0 aliphatic heterocycles. The molecule has 1 rings (SSSR count). The van der Waals surface area contributed by atoms with Gasteiger partial charge in [-0.3, -0.25) is 0 Å². The molecule has 0 spiro atoms. The lowest BCUT2D eigenvalue weighted by Gasteiger charge is -2.19. The average Bonchev–Trinajstić information content (AvgIpc) is 2.56. The Morgan fingerprint density at radius 3 is 2.92 bits per heavy atom. The third-order valence-electron chi connectivity index (χ3n) is 1.54. The zero-order valence-corrected chi connectivity index (χ0v) is 8.74. The highest BCUT2D eigenvalue weighted by Crippen LogP contribution is 2.17. The molecule has 68 valence electrons. The largest absolute Gasteiger partial charge is 0.347 e. The number of alkyl halides is 1. The fourth-order valence-corrected chi connectivity index (χ4v) is 1.95. The van der Waals surface area contributed by atoms with Gasteiger partial charge in [0.1, 0.15) is 0 Å². The van der Waals surface area contributed by atoms with Crippen LogP contribution in [0.25, 0.3) is 0 Å². The van der Waals surface area contributed by atoms with Crippen LogP contribution in [0.5, 0.6) is 0 Å². The summed E-state index contributed by atoms with van der Waals surface area (Å²) in [5.74, 6) is 0.666. The Hall–Kier alpha value is -0.280. The number of aromatic nitrogens is 1. The first kappa shape index (κ1) is 9.81. The van der Waals surface area contributed by atoms with Crippen LogP contribution < -0.4 is 4.90 Å². The maximum absolute atomic E-state index is 5.68. The lowest BCUT2D eigenvalue weighted by molar-refractivity contribution is 0.790. The van der Waals surface area contributed by atoms with Gasteiger partial charge in [0.25, 0.3) is 0 Å². The highest BCUT2D eigenvalue weighted by atomic mass is 35.5. The lowest BCUT2D eigenvalue weighted by atomic mass is 10.4. The molecule has 0 saturated carbocycles. The molecule has 0 bridgehead atoms. The maximum Gasteiger partial charge on any atom is 0.185 e. The van der Waals surface area contributed by atoms with E-state index >= 15 is 0 Å². The van der Waals surface area contributed by atoms with Crippen molar-refractivity contribution in [2.24, 2.45) is 0 Å². The maximum atomic E-state index is 5.68. The number of hydrogen-bond acceptors (Lipinski definition) is 3. The molecule has 0 aliphatic rings. The van der Waals surface area contributed by atoms with E-state index in [9.17, 15) is 0 Å². The summed E-state index contributed by atoms with van der Waals surface area (Å²) in [6, 6.07) is 0. The van der Waals surface area contributed by atoms with Gasteiger partial charge in [-0.05, 0) is 6.42 Å². The Bertz CT molecular complexity index is 195. The van der Waals surface area contributed by atoms with Crippen LogP contribution in [0.2, 0.25) is 0 Å². The molecule has 0 N–H and O–H groups in total. The summed E-state index contributed by atoms with van der Waals surface area (Å²) in [5, 5.41) is 3.07. The molecule has 0 radical (unpaired) electrons. The molecule has 1 heterocycles. The van der Waals surface area contributed by atoms with E-state index in [1.54, 1.807) is 11.3 Å². The number of rotatable bonds is 5. The van der Waals surface area contributed by atoms with Crippen LogP contribution >= 0.6 is 22.9 Å². The molecular weight excluding hydrogens is 192 g/mol. The van der Waals surface area contributed by atoms with Crippen LogP contribution in [0.3, 0.4) is 0 Å². The van der Waals surface area contributed by atoms with Crippen molar-refractivity contribution in [1.29, 1.82) is 0 Å². The van der Waals surface area contributed by atoms with E-state index in [0.717, 1.165) is 24.6 Å². The molecule has 1 aromatic heterocycles. The van der Waals surface area contributed by atoms with Gasteiger partial charge in [0.05, 0.1) is 0 Å². The molecule has 0 aromatic carbocycles. The van der Waals surface area contributed by atoms with E-state index < -0.39 is 0 Å². The third-order valence-corrected chi connectivity index (χ3v) is 2.54. The first-order valence-electron chi connectivity index (χ1n) is 4.09. The third kappa shape index (κ3) is 2.64. The van der Waals surface area contributed by atoms with Gasteiger partial charge in [-0.2, -0.15) is 0 Å². The summed E-state index contributed by atoms with van der Waals surface area (Å²) < 4.78 is 0. The van der Waals surface area contributed by atoms with Crippen LogP contribution in [0.4, 0.5) is 5.13 Å². The topological polar surface area (TPSA) is 16.1 Å². The highest BCUT2D eigenvalue weighted by molar-refractivity contribution is 7.13. The Labute approximate surface area is 82.2 Å². The molecule has 0 aliphatic carbocycles. The standard InChI is InChI=1S/C8H13ClN2S/c1-2-5-11(6-3-9)8-10-4-7-12-8/h4,7H,2-3,5-6H2,1H3. The van der Waals surface area contributed by atoms with E-state index in [2.05, 4.69) is 16.8 Å². The molecule has 2 nitrogen and oxygen atoms in total. The van der Waals surface area contributed by atoms with Gasteiger partial charge in [0, 0.05) is 30.5 Å². The molecule has 0 unspecified atom stereocenters. The molecule has 0 atom stereocenters. The Morgan fingerprint density at radius 2 is 2.42 bits per heavy atom. The van der Waals surface area contributed by atoms with Crippen molar-refractivity contribution in [2.75, 3.05) is 23.9 Å². The van der Waals surface area contributed by atoms with E-state index in [4.69, 9.17) is 11.6 Å². The summed E-state index contributed by atoms with van der Waals surface area (Å²) in [6.07, 6.45) is 2.97. The van der Waals surface area contributed by atoms with E-state index in [1.807, 2.05) is 11.6 Å². The number of halogens is 1. The quantitative estimate of drug-likeness (QED) is 0.686. The van der Waals surface area contributed by atoms with Gasteiger partial charge in [0.15, 0.2) is 5.13 Å². The second kappa shape index (κ2) is 5.38. The number of nitrogens with zero attached hydrogens (tertiary/aromatic N) is 2. The summed E-state index contributed by atoms with van der Waals surface area (Å²) >= 11 is 7.35. The van der Waals surface area contributed by atoms with Gasteiger partial charge in [-0.25, -0.2) is 4.98 Å². The number of thiazole rings is 1. The smallest absolute Gasteiger partial charge is 0.185 e. The number of hydrogen-bond donors (Lipinski definition) is 0. The van der Waals surface area contributed by atoms with Crippen LogP contribution in [0.15, 0.2) is 11.6 Å². The van der Waals surface area contributed by atoms with Gasteiger partial charge in [-0.1, -0.05) is 6.92 Å². The molecule has 1 aromatic rings. The van der Waals surface area contributed by atoms with Crippen LogP contribution in [-0.4, -0.2) is 24.0 Å². The molecule has 4 heteroatoms. The van der Waals surface area contributed by atoms with Gasteiger partial charge in [0.2, 0.25) is 0 Å². The predicted octanol–water partition coefficient (Wildman–Crippen LogP) is 2.60. The van der Waals surface area contributed by atoms with Crippen LogP contribution in [-0.2, 0) is 0 Å². The second-order valence-corrected chi connectivity index (χ2v) is 3.74. The first-order chi connectivity index (χ1) is 5.88. The zero-order valence-electron chi connectivity index (χ0n) is 7.16. The highest BCUT2D eigenvalue weighted by Gasteiger charge is 2.05. The SMILES string of the molecule is CCCN(CCCl)c1nccs1. The van der Waals surface area contributed by atoms with E-state index in [1.165, 1.54) is 0 Å². The number of anilines is 1. The second-order valence-electron chi connectivity index (χ2n) is 2.49. The minimum atomic E-state index is 0.666. The minimum absolute atomic E-state index is 0.666. The van der Waals surface area contributed by atoms with Gasteiger partial charge in [-0.15, -0.1) is 22.9 Å². The Kier molecular flexibility index (Phi) is 4.40. The summed E-state index contributed by atoms with van der Waals surface area (Å²) in [6.45, 7) is 4.10. The minimum Gasteiger partial charge on any atom is -0.347 e. The van der Waals surface area contributed by atoms with Crippen LogP contribution in [0, 0.1) is 0 Å². The van der Waals surface area contributed by atoms with E-state index in [0.29, 0.717) is 5.88 Å². The monoisotopic (exact) mass is 204 g/mol. The predicted molar refractivity (Wildman–Crippen MR) is 55.3 cm³/mol. The van der Waals surface area contributed by atoms with Crippen molar-refractivity contribution in [3.05, 3.63) is 11.6 Å². The molecule has 0 fully saturated rings. The zero-order chi connectivity index (χ0) is 8.81. The lowest BCUT2D eigenvalue weighted by Crippen LogP contribution is -2.25. The van der Waals surface area contributed by atoms with Gasteiger partial charge >= 0.3 is 0 Å². The average molecular weight is 205 g/mol. The summed E-state index contributed by atoms with van der Waals surface area (Å²) in [7, 11) is 0. The van der Waals surface area contributed by atoms with Crippen molar-refractivity contribution >= 4 is 28.1 Å². The van der Waals surface area contributed by atoms with Crippen molar-refractivity contribution in [2.45, 2.75) is 13.3 Å². The first-order valence-corrected chi connectivity index (χ1v) is 5.50. The Balaban J connectivity index is 2.53. The fraction of sp³-hybridized carbons (Fsp3) is 0.625. The van der Waals surface area contributed by atoms with Crippen molar-refractivity contribution in [3.8, 4) is 0 Å². The van der Waals surface area contributed by atoms with Crippen LogP contribution in [0.1, 0.15) is 13.3 Å². The summed E-state index contributed by atoms with van der Waals surface area (Å²) in [4.78, 5) is 6.46. The molecule has 12 heavy (non-hydrogen) atoms. The van der Waals surface area contributed by atoms with Crippen molar-refractivity contribution in [1.82, 2.24) is 4.98 Å². The van der Waals surface area contributed by atoms with Crippen molar-refractivity contribution in [3.63, 3.8) is 0 Å². The summed E-state index contributed by atoms with van der Waals surface area (Å²) in [5.41, 5.74) is 0. The fourth-order valence-electron chi connectivity index (χ4n) is 1.05. The van der Waals surface area contributed by atoms with E-state index in [-0.39, 0.29) is 0 Å². The van der Waals surface area contributed by atoms with Crippen molar-refractivity contribution < 1.29 is 0 Å². The molecule has 0 saturated heterocycles. The molecular formula is C8H13ClN2S. The van der Waals surface area contributed by atoms with Gasteiger partial charge < -0.3 is 4.90 Å².